The third kappa shape index (κ3) is 7.13. The molecule has 2 nitrogen and oxygen atoms in total. The summed E-state index contributed by atoms with van der Waals surface area (Å²) in [6, 6.07) is 32.7. The number of allylic oxidation sites excluding steroid dienone is 5. The van der Waals surface area contributed by atoms with Crippen LogP contribution in [0.5, 0.6) is 0 Å². The fourth-order valence-electron chi connectivity index (χ4n) is 3.98. The van der Waals surface area contributed by atoms with E-state index >= 15 is 0 Å². The topological polar surface area (TPSA) is 26.3 Å². The smallest absolute Gasteiger partial charge is 0.330 e. The van der Waals surface area contributed by atoms with E-state index in [1.54, 1.807) is 0 Å². The van der Waals surface area contributed by atoms with Gasteiger partial charge in [0.15, 0.2) is 0 Å². The van der Waals surface area contributed by atoms with E-state index in [0.29, 0.717) is 6.61 Å². The first-order valence-corrected chi connectivity index (χ1v) is 13.3. The molecule has 34 heavy (non-hydrogen) atoms. The second-order valence-electron chi connectivity index (χ2n) is 7.99. The summed E-state index contributed by atoms with van der Waals surface area (Å²) >= 11 is 0. The zero-order valence-electron chi connectivity index (χ0n) is 20.0. The molecule has 0 bridgehead atoms. The highest BCUT2D eigenvalue weighted by Gasteiger charge is 2.45. The van der Waals surface area contributed by atoms with E-state index in [0.717, 1.165) is 11.7 Å². The fraction of sp³-hybridized carbons (Fsp3) is 0.167. The van der Waals surface area contributed by atoms with Gasteiger partial charge in [-0.15, -0.1) is 0 Å². The van der Waals surface area contributed by atoms with Crippen molar-refractivity contribution in [3.8, 4) is 0 Å². The van der Waals surface area contributed by atoms with Crippen LogP contribution in [-0.2, 0) is 9.53 Å². The molecule has 0 heterocycles. The van der Waals surface area contributed by atoms with Crippen molar-refractivity contribution in [2.45, 2.75) is 20.8 Å². The lowest BCUT2D eigenvalue weighted by molar-refractivity contribution is -0.137. The summed E-state index contributed by atoms with van der Waals surface area (Å²) in [5, 5.41) is 4.12. The average molecular weight is 535 g/mol. The van der Waals surface area contributed by atoms with Gasteiger partial charge in [-0.1, -0.05) is 72.8 Å². The van der Waals surface area contributed by atoms with Crippen molar-refractivity contribution < 1.29 is 26.5 Å². The molecule has 0 aliphatic heterocycles. The first-order valence-electron chi connectivity index (χ1n) is 11.3. The minimum atomic E-state index is -1.90. The van der Waals surface area contributed by atoms with E-state index in [2.05, 4.69) is 104 Å². The number of ether oxygens (including phenoxy) is 1. The maximum Gasteiger partial charge on any atom is 0.330 e. The Morgan fingerprint density at radius 1 is 0.794 bits per heavy atom. The van der Waals surface area contributed by atoms with Crippen LogP contribution >= 0.6 is 7.26 Å². The van der Waals surface area contributed by atoms with Crippen LogP contribution in [0.15, 0.2) is 126 Å². The number of rotatable bonds is 9. The second-order valence-corrected chi connectivity index (χ2v) is 11.5. The van der Waals surface area contributed by atoms with Crippen molar-refractivity contribution >= 4 is 29.1 Å². The van der Waals surface area contributed by atoms with Crippen molar-refractivity contribution in [3.63, 3.8) is 0 Å². The van der Waals surface area contributed by atoms with Crippen LogP contribution in [0.1, 0.15) is 20.8 Å². The van der Waals surface area contributed by atoms with Gasteiger partial charge in [-0.2, -0.15) is 0 Å². The Hall–Kier alpha value is -2.74. The molecular weight excluding hydrogens is 503 g/mol. The number of carbonyl (C=O) groups is 1. The monoisotopic (exact) mass is 534 g/mol. The van der Waals surface area contributed by atoms with Gasteiger partial charge in [0.25, 0.3) is 0 Å². The van der Waals surface area contributed by atoms with Gasteiger partial charge in [-0.3, -0.25) is 0 Å². The summed E-state index contributed by atoms with van der Waals surface area (Å²) in [5.74, 6) is -0.303. The van der Waals surface area contributed by atoms with Gasteiger partial charge in [0, 0.05) is 6.08 Å². The minimum absolute atomic E-state index is 0. The summed E-state index contributed by atoms with van der Waals surface area (Å²) in [7, 11) is -1.90. The predicted molar refractivity (Wildman–Crippen MR) is 143 cm³/mol. The van der Waals surface area contributed by atoms with Crippen molar-refractivity contribution in [1.82, 2.24) is 0 Å². The van der Waals surface area contributed by atoms with Crippen LogP contribution in [0.2, 0.25) is 0 Å². The molecule has 0 N–H and O–H groups in total. The number of hydrogen-bond acceptors (Lipinski definition) is 2. The molecule has 4 heteroatoms. The van der Waals surface area contributed by atoms with Gasteiger partial charge >= 0.3 is 5.97 Å². The van der Waals surface area contributed by atoms with Gasteiger partial charge < -0.3 is 21.7 Å². The standard InChI is InChI=1S/C30H32O2P.BrH/c1-4-32-30(31)23-25(2)15-14-16-26(3)24-33(27-17-8-5-9-18-27,28-19-10-6-11-20-28)29-21-12-7-13-22-29;/h5-23H,4,24H2,1-3H3;1H/q+1;/p-1. The van der Waals surface area contributed by atoms with Crippen LogP contribution < -0.4 is 32.9 Å². The molecule has 0 atom stereocenters. The molecule has 3 rings (SSSR count). The molecule has 0 saturated carbocycles. The summed E-state index contributed by atoms with van der Waals surface area (Å²) in [5.41, 5.74) is 2.16. The van der Waals surface area contributed by atoms with Crippen LogP contribution in [-0.4, -0.2) is 18.7 Å². The molecule has 0 radical (unpaired) electrons. The fourth-order valence-corrected chi connectivity index (χ4v) is 8.32. The summed E-state index contributed by atoms with van der Waals surface area (Å²) < 4.78 is 4.99. The molecule has 176 valence electrons. The molecule has 0 aliphatic carbocycles. The predicted octanol–water partition coefficient (Wildman–Crippen LogP) is 3.00. The molecule has 0 fully saturated rings. The number of esters is 1. The minimum Gasteiger partial charge on any atom is -1.00 e. The molecular formula is C30H32BrO2P. The molecule has 0 aromatic heterocycles. The Morgan fingerprint density at radius 3 is 1.65 bits per heavy atom. The highest BCUT2D eigenvalue weighted by molar-refractivity contribution is 7.95. The van der Waals surface area contributed by atoms with Crippen LogP contribution in [0.25, 0.3) is 0 Å². The molecule has 3 aromatic rings. The summed E-state index contributed by atoms with van der Waals surface area (Å²) in [6.45, 7) is 6.30. The third-order valence-electron chi connectivity index (χ3n) is 5.45. The van der Waals surface area contributed by atoms with Gasteiger partial charge in [0.1, 0.15) is 23.2 Å². The normalized spacial score (nSPS) is 12.3. The van der Waals surface area contributed by atoms with Gasteiger partial charge in [0.05, 0.1) is 12.8 Å². The molecule has 0 amide bonds. The van der Waals surface area contributed by atoms with Crippen molar-refractivity contribution in [1.29, 1.82) is 0 Å². The van der Waals surface area contributed by atoms with Crippen LogP contribution in [0, 0.1) is 0 Å². The lowest BCUT2D eigenvalue weighted by Crippen LogP contribution is -3.00. The van der Waals surface area contributed by atoms with E-state index < -0.39 is 7.26 Å². The Balaban J connectivity index is 0.00000408. The molecule has 0 aliphatic rings. The van der Waals surface area contributed by atoms with Crippen molar-refractivity contribution in [2.75, 3.05) is 12.8 Å². The van der Waals surface area contributed by atoms with Gasteiger partial charge in [-0.05, 0) is 68.3 Å². The van der Waals surface area contributed by atoms with E-state index in [1.165, 1.54) is 27.6 Å². The van der Waals surface area contributed by atoms with Crippen LogP contribution in [0.4, 0.5) is 0 Å². The Labute approximate surface area is 215 Å². The van der Waals surface area contributed by atoms with E-state index in [9.17, 15) is 4.79 Å². The number of halogens is 1. The van der Waals surface area contributed by atoms with Crippen molar-refractivity contribution in [3.05, 3.63) is 126 Å². The second kappa shape index (κ2) is 13.8. The molecule has 0 saturated heterocycles. The highest BCUT2D eigenvalue weighted by Crippen LogP contribution is 2.56. The van der Waals surface area contributed by atoms with Gasteiger partial charge in [0.2, 0.25) is 0 Å². The van der Waals surface area contributed by atoms with Gasteiger partial charge in [-0.25, -0.2) is 4.79 Å². The van der Waals surface area contributed by atoms with E-state index in [4.69, 9.17) is 4.74 Å². The Bertz CT molecular complexity index is 1020. The highest BCUT2D eigenvalue weighted by atomic mass is 79.9. The molecule has 0 unspecified atom stereocenters. The number of benzene rings is 3. The zero-order chi connectivity index (χ0) is 23.5. The zero-order valence-corrected chi connectivity index (χ0v) is 22.5. The van der Waals surface area contributed by atoms with Crippen molar-refractivity contribution in [2.24, 2.45) is 0 Å². The first-order chi connectivity index (χ1) is 16.1. The third-order valence-corrected chi connectivity index (χ3v) is 9.96. The lowest BCUT2D eigenvalue weighted by atomic mass is 10.2. The van der Waals surface area contributed by atoms with E-state index in [1.807, 2.05) is 26.0 Å². The lowest BCUT2D eigenvalue weighted by Gasteiger charge is -2.28. The summed E-state index contributed by atoms with van der Waals surface area (Å²) in [6.07, 6.45) is 8.60. The molecule has 0 spiro atoms. The first kappa shape index (κ1) is 27.5. The maximum absolute atomic E-state index is 11.7. The molecule has 3 aromatic carbocycles. The quantitative estimate of drug-likeness (QED) is 0.182. The largest absolute Gasteiger partial charge is 1.00 e. The number of carbonyl (C=O) groups excluding carboxylic acids is 1. The average Bonchev–Trinajstić information content (AvgIpc) is 2.84. The Kier molecular flexibility index (Phi) is 11.2. The Morgan fingerprint density at radius 2 is 1.24 bits per heavy atom. The maximum atomic E-state index is 11.7. The summed E-state index contributed by atoms with van der Waals surface area (Å²) in [4.78, 5) is 11.7. The van der Waals surface area contributed by atoms with E-state index in [-0.39, 0.29) is 23.0 Å². The van der Waals surface area contributed by atoms with Crippen LogP contribution in [0.3, 0.4) is 0 Å². The SMILES string of the molecule is CCOC(=O)C=C(C)C=CC=C(C)C[P+](c1ccccc1)(c1ccccc1)c1ccccc1.[Br-]. The number of hydrogen-bond donors (Lipinski definition) is 0.